The maximum atomic E-state index is 13.3. The van der Waals surface area contributed by atoms with Gasteiger partial charge in [0.1, 0.15) is 24.4 Å². The van der Waals surface area contributed by atoms with Crippen LogP contribution in [-0.4, -0.2) is 66.4 Å². The number of carbonyl (C=O) groups excluding carboxylic acids is 4. The van der Waals surface area contributed by atoms with Gasteiger partial charge in [-0.3, -0.25) is 19.2 Å². The van der Waals surface area contributed by atoms with Gasteiger partial charge in [0.25, 0.3) is 5.91 Å². The molecule has 1 aliphatic carbocycles. The molecule has 0 unspecified atom stereocenters. The van der Waals surface area contributed by atoms with Crippen LogP contribution in [-0.2, 0) is 14.4 Å². The predicted molar refractivity (Wildman–Crippen MR) is 130 cm³/mol. The number of nitrogens with one attached hydrogen (secondary N) is 3. The van der Waals surface area contributed by atoms with Crippen LogP contribution in [0.25, 0.3) is 0 Å². The molecular weight excluding hydrogens is 448 g/mol. The van der Waals surface area contributed by atoms with Gasteiger partial charge in [0, 0.05) is 13.1 Å². The zero-order valence-corrected chi connectivity index (χ0v) is 20.5. The number of nitrogens with zero attached hydrogens (tertiary/aromatic N) is 1. The third-order valence-corrected chi connectivity index (χ3v) is 6.81. The second kappa shape index (κ2) is 11.1. The fourth-order valence-corrected chi connectivity index (χ4v) is 4.77. The van der Waals surface area contributed by atoms with E-state index in [9.17, 15) is 19.2 Å². The van der Waals surface area contributed by atoms with Crippen LogP contribution >= 0.6 is 0 Å². The summed E-state index contributed by atoms with van der Waals surface area (Å²) >= 11 is 0. The molecular formula is C26H36N4O5. The summed E-state index contributed by atoms with van der Waals surface area (Å²) in [5.74, 6) is -0.219. The molecule has 2 heterocycles. The van der Waals surface area contributed by atoms with E-state index in [2.05, 4.69) is 29.8 Å². The van der Waals surface area contributed by atoms with Crippen molar-refractivity contribution in [3.05, 3.63) is 29.8 Å². The Morgan fingerprint density at radius 1 is 1.14 bits per heavy atom. The lowest BCUT2D eigenvalue weighted by atomic mass is 10.0. The number of hydrogen-bond donors (Lipinski definition) is 3. The van der Waals surface area contributed by atoms with E-state index in [0.29, 0.717) is 49.9 Å². The van der Waals surface area contributed by atoms with Crippen LogP contribution in [0.5, 0.6) is 5.75 Å². The molecule has 4 amide bonds. The minimum atomic E-state index is -1.04. The second-order valence-electron chi connectivity index (χ2n) is 10.3. The average molecular weight is 485 g/mol. The number of fused-ring (bicyclic) bond motifs is 2. The Hall–Kier alpha value is -3.10. The minimum absolute atomic E-state index is 0.195. The monoisotopic (exact) mass is 484 g/mol. The first kappa shape index (κ1) is 25.0. The maximum Gasteiger partial charge on any atom is 0.255 e. The summed E-state index contributed by atoms with van der Waals surface area (Å²) in [6.07, 6.45) is 3.92. The Morgan fingerprint density at radius 3 is 2.66 bits per heavy atom. The SMILES string of the molecule is CC(C)C[C@H]1COc2ccccc2C(=O)N[C@H](C(=O)NCC2CC2)CC(=O)N2CCC[C@@H]2C(=O)N1. The van der Waals surface area contributed by atoms with Crippen LogP contribution in [0.2, 0.25) is 0 Å². The Labute approximate surface area is 206 Å². The van der Waals surface area contributed by atoms with E-state index in [1.807, 2.05) is 0 Å². The van der Waals surface area contributed by atoms with Crippen LogP contribution in [0.1, 0.15) is 62.7 Å². The lowest BCUT2D eigenvalue weighted by molar-refractivity contribution is -0.140. The van der Waals surface area contributed by atoms with Crippen molar-refractivity contribution in [2.45, 2.75) is 70.5 Å². The number of amides is 4. The van der Waals surface area contributed by atoms with Gasteiger partial charge in [0.15, 0.2) is 0 Å². The fourth-order valence-electron chi connectivity index (χ4n) is 4.77. The molecule has 3 aliphatic rings. The van der Waals surface area contributed by atoms with E-state index in [1.54, 1.807) is 29.2 Å². The van der Waals surface area contributed by atoms with Gasteiger partial charge in [-0.2, -0.15) is 0 Å². The first-order valence-electron chi connectivity index (χ1n) is 12.7. The largest absolute Gasteiger partial charge is 0.491 e. The molecule has 1 saturated carbocycles. The zero-order chi connectivity index (χ0) is 24.9. The van der Waals surface area contributed by atoms with Crippen LogP contribution < -0.4 is 20.7 Å². The molecule has 1 aromatic rings. The standard InChI is InChI=1S/C26H36N4O5/c1-16(2)12-18-15-35-22-8-4-3-6-19(22)24(32)29-20(25(33)27-14-17-9-10-17)13-23(31)30-11-5-7-21(30)26(34)28-18/h3-4,6,8,16-18,20-21H,5,7,9-15H2,1-2H3,(H,27,33)(H,28,34)(H,29,32)/t18-,20-,21+/m0/s1. The average Bonchev–Trinajstić information content (AvgIpc) is 3.52. The van der Waals surface area contributed by atoms with Gasteiger partial charge < -0.3 is 25.6 Å². The summed E-state index contributed by atoms with van der Waals surface area (Å²) in [7, 11) is 0. The van der Waals surface area contributed by atoms with Gasteiger partial charge in [0.2, 0.25) is 17.7 Å². The highest BCUT2D eigenvalue weighted by atomic mass is 16.5. The molecule has 1 aromatic carbocycles. The Morgan fingerprint density at radius 2 is 1.91 bits per heavy atom. The summed E-state index contributed by atoms with van der Waals surface area (Å²) in [5, 5.41) is 8.70. The first-order chi connectivity index (χ1) is 16.8. The van der Waals surface area contributed by atoms with E-state index in [-0.39, 0.29) is 42.4 Å². The molecule has 1 saturated heterocycles. The van der Waals surface area contributed by atoms with Gasteiger partial charge in [-0.05, 0) is 56.1 Å². The van der Waals surface area contributed by atoms with Gasteiger partial charge >= 0.3 is 0 Å². The van der Waals surface area contributed by atoms with Crippen molar-refractivity contribution < 1.29 is 23.9 Å². The smallest absolute Gasteiger partial charge is 0.255 e. The first-order valence-corrected chi connectivity index (χ1v) is 12.7. The molecule has 0 aromatic heterocycles. The van der Waals surface area contributed by atoms with Crippen molar-refractivity contribution in [3.63, 3.8) is 0 Å². The Kier molecular flexibility index (Phi) is 7.93. The normalized spacial score (nSPS) is 25.6. The third kappa shape index (κ3) is 6.52. The van der Waals surface area contributed by atoms with E-state index in [1.165, 1.54) is 0 Å². The van der Waals surface area contributed by atoms with Gasteiger partial charge in [-0.25, -0.2) is 0 Å². The number of hydrogen-bond acceptors (Lipinski definition) is 5. The Bertz CT molecular complexity index is 961. The molecule has 2 aliphatic heterocycles. The zero-order valence-electron chi connectivity index (χ0n) is 20.5. The molecule has 4 rings (SSSR count). The van der Waals surface area contributed by atoms with E-state index >= 15 is 0 Å². The van der Waals surface area contributed by atoms with Gasteiger partial charge in [-0.1, -0.05) is 26.0 Å². The number of para-hydroxylation sites is 1. The summed E-state index contributed by atoms with van der Waals surface area (Å²) in [4.78, 5) is 54.2. The molecule has 3 N–H and O–H groups in total. The van der Waals surface area contributed by atoms with Crippen molar-refractivity contribution in [2.24, 2.45) is 11.8 Å². The summed E-state index contributed by atoms with van der Waals surface area (Å²) < 4.78 is 6.02. The molecule has 0 spiro atoms. The molecule has 35 heavy (non-hydrogen) atoms. The highest BCUT2D eigenvalue weighted by molar-refractivity contribution is 6.01. The van der Waals surface area contributed by atoms with Gasteiger partial charge in [0.05, 0.1) is 18.0 Å². The second-order valence-corrected chi connectivity index (χ2v) is 10.3. The lowest BCUT2D eigenvalue weighted by Gasteiger charge is -2.29. The summed E-state index contributed by atoms with van der Waals surface area (Å²) in [5.41, 5.74) is 0.283. The van der Waals surface area contributed by atoms with Crippen molar-refractivity contribution >= 4 is 23.6 Å². The predicted octanol–water partition coefficient (Wildman–Crippen LogP) is 1.62. The number of rotatable bonds is 5. The van der Waals surface area contributed by atoms with Crippen molar-refractivity contribution in [1.82, 2.24) is 20.9 Å². The molecule has 9 heteroatoms. The molecule has 9 nitrogen and oxygen atoms in total. The number of carbonyl (C=O) groups is 4. The molecule has 0 radical (unpaired) electrons. The number of benzene rings is 1. The fraction of sp³-hybridized carbons (Fsp3) is 0.615. The van der Waals surface area contributed by atoms with Crippen LogP contribution in [0, 0.1) is 11.8 Å². The number of ether oxygens (including phenoxy) is 1. The molecule has 0 bridgehead atoms. The maximum absolute atomic E-state index is 13.3. The lowest BCUT2D eigenvalue weighted by Crippen LogP contribution is -2.53. The Balaban J connectivity index is 1.62. The highest BCUT2D eigenvalue weighted by Gasteiger charge is 2.37. The quantitative estimate of drug-likeness (QED) is 0.587. The molecule has 2 fully saturated rings. The van der Waals surface area contributed by atoms with Crippen LogP contribution in [0.4, 0.5) is 0 Å². The summed E-state index contributed by atoms with van der Waals surface area (Å²) in [6.45, 7) is 5.32. The minimum Gasteiger partial charge on any atom is -0.491 e. The summed E-state index contributed by atoms with van der Waals surface area (Å²) in [6, 6.07) is 4.93. The van der Waals surface area contributed by atoms with Gasteiger partial charge in [-0.15, -0.1) is 0 Å². The highest BCUT2D eigenvalue weighted by Crippen LogP contribution is 2.28. The topological polar surface area (TPSA) is 117 Å². The van der Waals surface area contributed by atoms with Crippen LogP contribution in [0.3, 0.4) is 0 Å². The van der Waals surface area contributed by atoms with Crippen molar-refractivity contribution in [2.75, 3.05) is 19.7 Å². The van der Waals surface area contributed by atoms with E-state index in [4.69, 9.17) is 4.74 Å². The molecule has 3 atom stereocenters. The van der Waals surface area contributed by atoms with Crippen LogP contribution in [0.15, 0.2) is 24.3 Å². The van der Waals surface area contributed by atoms with Crippen molar-refractivity contribution in [1.29, 1.82) is 0 Å². The van der Waals surface area contributed by atoms with Crippen molar-refractivity contribution in [3.8, 4) is 5.75 Å². The third-order valence-electron chi connectivity index (χ3n) is 6.81. The van der Waals surface area contributed by atoms with E-state index < -0.39 is 18.0 Å². The molecule has 190 valence electrons. The van der Waals surface area contributed by atoms with E-state index in [0.717, 1.165) is 12.8 Å².